The monoisotopic (exact) mass is 638 g/mol. The number of nitrogens with zero attached hydrogens (tertiary/aromatic N) is 2. The van der Waals surface area contributed by atoms with E-state index >= 15 is 0 Å². The zero-order chi connectivity index (χ0) is 32.4. The van der Waals surface area contributed by atoms with Crippen molar-refractivity contribution < 1.29 is 30.9 Å². The highest BCUT2D eigenvalue weighted by Gasteiger charge is 2.47. The van der Waals surface area contributed by atoms with Crippen LogP contribution in [0.5, 0.6) is 0 Å². The molecule has 0 saturated carbocycles. The molecule has 1 fully saturated rings. The molecule has 0 bridgehead atoms. The van der Waals surface area contributed by atoms with Crippen molar-refractivity contribution in [1.29, 1.82) is 0 Å². The average molecular weight is 639 g/mol. The SMILES string of the molecule is CC(=C=CCOP1N(C)[C@@H](c2cccc(C(F)(F)F)c2)[C@H](c2cccc(C(F)(F)F)c2)N1C)CCC1=C(C)CCCC1(C)C. The van der Waals surface area contributed by atoms with Crippen LogP contribution in [-0.4, -0.2) is 30.0 Å². The lowest BCUT2D eigenvalue weighted by Crippen LogP contribution is -2.22. The van der Waals surface area contributed by atoms with Gasteiger partial charge in [-0.05, 0) is 113 Å². The summed E-state index contributed by atoms with van der Waals surface area (Å²) in [4.78, 5) is 0. The minimum Gasteiger partial charge on any atom is -0.326 e. The van der Waals surface area contributed by atoms with Gasteiger partial charge in [-0.25, -0.2) is 9.34 Å². The highest BCUT2D eigenvalue weighted by Crippen LogP contribution is 2.63. The molecule has 3 nitrogen and oxygen atoms in total. The lowest BCUT2D eigenvalue weighted by Gasteiger charge is -2.34. The van der Waals surface area contributed by atoms with Gasteiger partial charge in [0.15, 0.2) is 8.45 Å². The Labute approximate surface area is 258 Å². The standard InChI is InChI=1S/C34H41F6N2OP/c1-23(17-18-29-24(2)12-9-19-32(29,3)4)11-10-20-43-44-41(5)30(25-13-7-15-27(21-25)33(35,36)37)31(42(44)6)26-14-8-16-28(22-26)34(38,39)40/h7-8,10,13-16,21-22,30-31H,9,12,17-20H2,1-6H3/t11?,30-,31-/m0/s1. The smallest absolute Gasteiger partial charge is 0.326 e. The highest BCUT2D eigenvalue weighted by molar-refractivity contribution is 7.47. The summed E-state index contributed by atoms with van der Waals surface area (Å²) in [7, 11) is 1.97. The molecule has 10 heteroatoms. The van der Waals surface area contributed by atoms with Gasteiger partial charge in [-0.3, -0.25) is 0 Å². The van der Waals surface area contributed by atoms with Crippen LogP contribution in [0.4, 0.5) is 26.3 Å². The van der Waals surface area contributed by atoms with E-state index in [1.54, 1.807) is 26.2 Å². The molecule has 1 aliphatic carbocycles. The Balaban J connectivity index is 1.57. The number of hydrogen-bond donors (Lipinski definition) is 0. The van der Waals surface area contributed by atoms with Crippen molar-refractivity contribution in [2.75, 3.05) is 20.7 Å². The highest BCUT2D eigenvalue weighted by atomic mass is 31.2. The van der Waals surface area contributed by atoms with Crippen molar-refractivity contribution >= 4 is 8.45 Å². The van der Waals surface area contributed by atoms with Crippen LogP contribution in [0.25, 0.3) is 0 Å². The fraction of sp³-hybridized carbons (Fsp3) is 0.500. The predicted octanol–water partition coefficient (Wildman–Crippen LogP) is 11.0. The van der Waals surface area contributed by atoms with E-state index in [1.165, 1.54) is 36.1 Å². The molecule has 2 aromatic rings. The maximum atomic E-state index is 13.6. The largest absolute Gasteiger partial charge is 0.416 e. The quantitative estimate of drug-likeness (QED) is 0.124. The van der Waals surface area contributed by atoms with Crippen molar-refractivity contribution in [2.24, 2.45) is 5.41 Å². The normalized spacial score (nSPS) is 21.9. The molecule has 0 aromatic heterocycles. The van der Waals surface area contributed by atoms with E-state index in [1.807, 2.05) is 22.3 Å². The van der Waals surface area contributed by atoms with Crippen LogP contribution in [0.2, 0.25) is 0 Å². The Hall–Kier alpha value is -2.41. The summed E-state index contributed by atoms with van der Waals surface area (Å²) in [6, 6.07) is 8.62. The van der Waals surface area contributed by atoms with Crippen LogP contribution in [0, 0.1) is 5.41 Å². The number of rotatable bonds is 8. The minimum atomic E-state index is -4.55. The number of hydrogen-bond acceptors (Lipinski definition) is 3. The maximum Gasteiger partial charge on any atom is 0.416 e. The van der Waals surface area contributed by atoms with Gasteiger partial charge in [0.25, 0.3) is 0 Å². The first-order valence-corrected chi connectivity index (χ1v) is 16.0. The summed E-state index contributed by atoms with van der Waals surface area (Å²) >= 11 is 0. The molecular formula is C34H41F6N2OP. The van der Waals surface area contributed by atoms with Gasteiger partial charge < -0.3 is 4.52 Å². The van der Waals surface area contributed by atoms with E-state index in [2.05, 4.69) is 26.5 Å². The molecule has 2 atom stereocenters. The Bertz CT molecular complexity index is 1350. The molecule has 4 rings (SSSR count). The van der Waals surface area contributed by atoms with Crippen molar-refractivity contribution in [3.8, 4) is 0 Å². The third-order valence-electron chi connectivity index (χ3n) is 8.81. The molecule has 0 radical (unpaired) electrons. The number of likely N-dealkylation sites (N-methyl/N-ethyl adjacent to an activating group) is 2. The van der Waals surface area contributed by atoms with Crippen molar-refractivity contribution in [3.63, 3.8) is 0 Å². The molecule has 2 aromatic carbocycles. The third kappa shape index (κ3) is 7.86. The second kappa shape index (κ2) is 13.5. The predicted molar refractivity (Wildman–Crippen MR) is 164 cm³/mol. The first-order valence-electron chi connectivity index (χ1n) is 14.8. The van der Waals surface area contributed by atoms with Gasteiger partial charge in [-0.1, -0.05) is 49.3 Å². The Morgan fingerprint density at radius 3 is 1.95 bits per heavy atom. The second-order valence-electron chi connectivity index (χ2n) is 12.5. The minimum absolute atomic E-state index is 0.204. The van der Waals surface area contributed by atoms with Crippen molar-refractivity contribution in [3.05, 3.63) is 99.3 Å². The van der Waals surface area contributed by atoms with E-state index in [0.29, 0.717) is 11.1 Å². The zero-order valence-corrected chi connectivity index (χ0v) is 27.0. The summed E-state index contributed by atoms with van der Waals surface area (Å²) in [5.74, 6) is 0. The third-order valence-corrected chi connectivity index (χ3v) is 10.8. The van der Waals surface area contributed by atoms with Crippen LogP contribution in [0.3, 0.4) is 0 Å². The number of halogens is 6. The van der Waals surface area contributed by atoms with Gasteiger partial charge >= 0.3 is 12.4 Å². The van der Waals surface area contributed by atoms with Crippen molar-refractivity contribution in [2.45, 2.75) is 84.2 Å². The number of benzene rings is 2. The van der Waals surface area contributed by atoms with Crippen LogP contribution in [-0.2, 0) is 16.9 Å². The molecule has 0 unspecified atom stereocenters. The van der Waals surface area contributed by atoms with Crippen LogP contribution >= 0.6 is 8.45 Å². The first kappa shape index (κ1) is 34.5. The van der Waals surface area contributed by atoms with Gasteiger partial charge in [-0.2, -0.15) is 26.3 Å². The molecular weight excluding hydrogens is 597 g/mol. The fourth-order valence-electron chi connectivity index (χ4n) is 6.55. The maximum absolute atomic E-state index is 13.6. The zero-order valence-electron chi connectivity index (χ0n) is 26.1. The molecule has 1 heterocycles. The number of alkyl halides is 6. The lowest BCUT2D eigenvalue weighted by molar-refractivity contribution is -0.138. The average Bonchev–Trinajstić information content (AvgIpc) is 3.18. The Morgan fingerprint density at radius 1 is 0.955 bits per heavy atom. The van der Waals surface area contributed by atoms with Crippen LogP contribution in [0.15, 0.2) is 77.1 Å². The van der Waals surface area contributed by atoms with Gasteiger partial charge in [-0.15, -0.1) is 5.73 Å². The van der Waals surface area contributed by atoms with E-state index in [0.717, 1.165) is 49.1 Å². The summed E-state index contributed by atoms with van der Waals surface area (Å²) < 4.78 is 91.6. The summed E-state index contributed by atoms with van der Waals surface area (Å²) in [5, 5.41) is 0. The second-order valence-corrected chi connectivity index (χ2v) is 14.5. The van der Waals surface area contributed by atoms with Crippen LogP contribution in [0.1, 0.15) is 94.1 Å². The molecule has 1 aliphatic heterocycles. The summed E-state index contributed by atoms with van der Waals surface area (Å²) in [6.45, 7) is 9.09. The van der Waals surface area contributed by atoms with Crippen LogP contribution < -0.4 is 0 Å². The number of allylic oxidation sites excluding steroid dienone is 2. The topological polar surface area (TPSA) is 15.7 Å². The van der Waals surface area contributed by atoms with E-state index in [4.69, 9.17) is 4.52 Å². The lowest BCUT2D eigenvalue weighted by atomic mass is 9.71. The van der Waals surface area contributed by atoms with Gasteiger partial charge in [0.1, 0.15) is 0 Å². The molecule has 240 valence electrons. The molecule has 0 amide bonds. The van der Waals surface area contributed by atoms with E-state index in [9.17, 15) is 26.3 Å². The molecule has 2 aliphatic rings. The molecule has 0 N–H and O–H groups in total. The summed E-state index contributed by atoms with van der Waals surface area (Å²) in [5.41, 5.74) is 6.73. The first-order chi connectivity index (χ1) is 20.5. The van der Waals surface area contributed by atoms with Gasteiger partial charge in [0.2, 0.25) is 0 Å². The Morgan fingerprint density at radius 2 is 1.48 bits per heavy atom. The summed E-state index contributed by atoms with van der Waals surface area (Å²) in [6.07, 6.45) is -1.85. The van der Waals surface area contributed by atoms with E-state index in [-0.39, 0.29) is 12.0 Å². The molecule has 1 saturated heterocycles. The van der Waals surface area contributed by atoms with Gasteiger partial charge in [0, 0.05) is 0 Å². The molecule has 0 spiro atoms. The fourth-order valence-corrected chi connectivity index (χ4v) is 8.51. The van der Waals surface area contributed by atoms with E-state index < -0.39 is 44.0 Å². The Kier molecular flexibility index (Phi) is 10.6. The van der Waals surface area contributed by atoms with Gasteiger partial charge in [0.05, 0.1) is 29.8 Å². The van der Waals surface area contributed by atoms with Crippen molar-refractivity contribution in [1.82, 2.24) is 9.34 Å². The molecule has 44 heavy (non-hydrogen) atoms.